The minimum absolute atomic E-state index is 0.256. The van der Waals surface area contributed by atoms with E-state index in [9.17, 15) is 9.59 Å². The van der Waals surface area contributed by atoms with Gasteiger partial charge in [-0.05, 0) is 37.5 Å². The highest BCUT2D eigenvalue weighted by Crippen LogP contribution is 2.23. The van der Waals surface area contributed by atoms with E-state index in [1.807, 2.05) is 39.0 Å². The number of benzene rings is 2. The smallest absolute Gasteiger partial charge is 0.292 e. The second kappa shape index (κ2) is 7.77. The second-order valence-electron chi connectivity index (χ2n) is 5.76. The van der Waals surface area contributed by atoms with Gasteiger partial charge < -0.3 is 10.1 Å². The van der Waals surface area contributed by atoms with E-state index >= 15 is 0 Å². The molecule has 24 heavy (non-hydrogen) atoms. The van der Waals surface area contributed by atoms with Gasteiger partial charge in [-0.1, -0.05) is 42.8 Å². The Bertz CT molecular complexity index is 765. The number of carbonyl (C=O) groups is 2. The van der Waals surface area contributed by atoms with Crippen molar-refractivity contribution in [3.8, 4) is 5.75 Å². The van der Waals surface area contributed by atoms with Crippen LogP contribution < -0.4 is 10.1 Å². The third-order valence-corrected chi connectivity index (χ3v) is 4.03. The average molecular weight is 325 g/mol. The van der Waals surface area contributed by atoms with Gasteiger partial charge in [-0.3, -0.25) is 9.59 Å². The Hall–Kier alpha value is -2.62. The van der Waals surface area contributed by atoms with Crippen LogP contribution >= 0.6 is 0 Å². The van der Waals surface area contributed by atoms with Crippen molar-refractivity contribution >= 4 is 11.7 Å². The van der Waals surface area contributed by atoms with Crippen LogP contribution in [0.5, 0.6) is 5.75 Å². The molecule has 1 amide bonds. The lowest BCUT2D eigenvalue weighted by molar-refractivity contribution is -0.116. The topological polar surface area (TPSA) is 55.4 Å². The first-order chi connectivity index (χ1) is 11.5. The third kappa shape index (κ3) is 3.82. The normalized spacial score (nSPS) is 10.3. The molecule has 4 heteroatoms. The first-order valence-corrected chi connectivity index (χ1v) is 8.05. The zero-order valence-electron chi connectivity index (χ0n) is 14.6. The van der Waals surface area contributed by atoms with E-state index in [1.165, 1.54) is 12.6 Å². The molecule has 2 rings (SSSR count). The van der Waals surface area contributed by atoms with E-state index in [-0.39, 0.29) is 6.61 Å². The Labute approximate surface area is 142 Å². The van der Waals surface area contributed by atoms with Crippen LogP contribution in [0.3, 0.4) is 0 Å². The third-order valence-electron chi connectivity index (χ3n) is 4.03. The molecule has 0 bridgehead atoms. The molecule has 0 radical (unpaired) electrons. The van der Waals surface area contributed by atoms with Crippen molar-refractivity contribution in [2.24, 2.45) is 0 Å². The monoisotopic (exact) mass is 325 g/mol. The molecule has 4 nitrogen and oxygen atoms in total. The molecule has 0 aromatic heterocycles. The molecule has 2 aromatic carbocycles. The molecule has 0 fully saturated rings. The number of likely N-dealkylation sites (N-methyl/N-ethyl adjacent to an activating group) is 1. The molecule has 0 aliphatic carbocycles. The van der Waals surface area contributed by atoms with Gasteiger partial charge in [-0.15, -0.1) is 0 Å². The molecule has 0 aliphatic rings. The molecule has 126 valence electrons. The van der Waals surface area contributed by atoms with E-state index in [4.69, 9.17) is 4.74 Å². The molecule has 0 spiro atoms. The summed E-state index contributed by atoms with van der Waals surface area (Å²) in [6.45, 7) is 6.30. The van der Waals surface area contributed by atoms with Gasteiger partial charge in [0.25, 0.3) is 11.7 Å². The van der Waals surface area contributed by atoms with Gasteiger partial charge in [0.05, 0.1) is 0 Å². The summed E-state index contributed by atoms with van der Waals surface area (Å²) in [5, 5.41) is 2.39. The Morgan fingerprint density at radius 2 is 1.88 bits per heavy atom. The fraction of sp³-hybridized carbons (Fsp3) is 0.300. The van der Waals surface area contributed by atoms with Crippen LogP contribution in [-0.4, -0.2) is 18.7 Å². The number of nitrogens with one attached hydrogen (secondary N) is 1. The number of aryl methyl sites for hydroxylation is 3. The summed E-state index contributed by atoms with van der Waals surface area (Å²) in [5.41, 5.74) is 4.40. The minimum Gasteiger partial charge on any atom is -0.489 e. The Morgan fingerprint density at radius 1 is 1.12 bits per heavy atom. The molecule has 0 saturated carbocycles. The van der Waals surface area contributed by atoms with Gasteiger partial charge in [-0.25, -0.2) is 0 Å². The van der Waals surface area contributed by atoms with Crippen molar-refractivity contribution in [1.82, 2.24) is 5.32 Å². The molecule has 1 N–H and O–H groups in total. The molecule has 0 aliphatic heterocycles. The van der Waals surface area contributed by atoms with Crippen molar-refractivity contribution in [3.05, 3.63) is 64.2 Å². The Balaban J connectivity index is 2.34. The number of carbonyl (C=O) groups excluding carboxylic acids is 2. The van der Waals surface area contributed by atoms with Gasteiger partial charge in [0, 0.05) is 18.2 Å². The highest BCUT2D eigenvalue weighted by molar-refractivity contribution is 6.43. The van der Waals surface area contributed by atoms with E-state index in [2.05, 4.69) is 11.4 Å². The first kappa shape index (κ1) is 17.7. The largest absolute Gasteiger partial charge is 0.489 e. The van der Waals surface area contributed by atoms with Crippen molar-refractivity contribution in [3.63, 3.8) is 0 Å². The summed E-state index contributed by atoms with van der Waals surface area (Å²) in [4.78, 5) is 24.0. The van der Waals surface area contributed by atoms with Crippen molar-refractivity contribution in [2.45, 2.75) is 33.8 Å². The fourth-order valence-electron chi connectivity index (χ4n) is 2.70. The number of hydrogen-bond donors (Lipinski definition) is 1. The molecule has 0 saturated heterocycles. The van der Waals surface area contributed by atoms with E-state index < -0.39 is 11.7 Å². The standard InChI is InChI=1S/C20H23NO3/c1-5-15-7-6-8-16(19(22)20(23)21-4)17(15)12-24-18-10-9-13(2)11-14(18)3/h6-11H,5,12H2,1-4H3,(H,21,23). The summed E-state index contributed by atoms with van der Waals surface area (Å²) < 4.78 is 5.94. The number of ketones is 1. The van der Waals surface area contributed by atoms with Gasteiger partial charge in [-0.2, -0.15) is 0 Å². The lowest BCUT2D eigenvalue weighted by atomic mass is 9.96. The van der Waals surface area contributed by atoms with Crippen LogP contribution in [-0.2, 0) is 17.8 Å². The van der Waals surface area contributed by atoms with Crippen LogP contribution in [0.25, 0.3) is 0 Å². The predicted octanol–water partition coefficient (Wildman–Crippen LogP) is 3.37. The lowest BCUT2D eigenvalue weighted by Crippen LogP contribution is -2.28. The van der Waals surface area contributed by atoms with Crippen LogP contribution in [0.4, 0.5) is 0 Å². The number of Topliss-reactive ketones (excluding diaryl/α,β-unsaturated/α-hetero) is 1. The summed E-state index contributed by atoms with van der Waals surface area (Å²) in [6, 6.07) is 11.4. The minimum atomic E-state index is -0.615. The van der Waals surface area contributed by atoms with Crippen LogP contribution in [0.2, 0.25) is 0 Å². The summed E-state index contributed by atoms with van der Waals surface area (Å²) in [7, 11) is 1.45. The SMILES string of the molecule is CCc1cccc(C(=O)C(=O)NC)c1COc1ccc(C)cc1C. The van der Waals surface area contributed by atoms with E-state index in [1.54, 1.807) is 12.1 Å². The molecular weight excluding hydrogens is 302 g/mol. The summed E-state index contributed by atoms with van der Waals surface area (Å²) in [5.74, 6) is -0.368. The summed E-state index contributed by atoms with van der Waals surface area (Å²) >= 11 is 0. The van der Waals surface area contributed by atoms with Crippen molar-refractivity contribution in [1.29, 1.82) is 0 Å². The van der Waals surface area contributed by atoms with Gasteiger partial charge >= 0.3 is 0 Å². The van der Waals surface area contributed by atoms with Crippen molar-refractivity contribution in [2.75, 3.05) is 7.05 Å². The van der Waals surface area contributed by atoms with Gasteiger partial charge in [0.2, 0.25) is 0 Å². The Morgan fingerprint density at radius 3 is 2.50 bits per heavy atom. The number of hydrogen-bond acceptors (Lipinski definition) is 3. The van der Waals surface area contributed by atoms with Crippen LogP contribution in [0.15, 0.2) is 36.4 Å². The summed E-state index contributed by atoms with van der Waals surface area (Å²) in [6.07, 6.45) is 0.764. The number of ether oxygens (including phenoxy) is 1. The molecule has 0 unspecified atom stereocenters. The average Bonchev–Trinajstić information content (AvgIpc) is 2.59. The van der Waals surface area contributed by atoms with E-state index in [0.717, 1.165) is 28.9 Å². The predicted molar refractivity (Wildman–Crippen MR) is 94.5 cm³/mol. The maximum atomic E-state index is 12.3. The van der Waals surface area contributed by atoms with Crippen LogP contribution in [0.1, 0.15) is 39.5 Å². The maximum Gasteiger partial charge on any atom is 0.292 e. The molecule has 0 atom stereocenters. The van der Waals surface area contributed by atoms with Crippen molar-refractivity contribution < 1.29 is 14.3 Å². The number of rotatable bonds is 6. The molecule has 0 heterocycles. The molecular formula is C20H23NO3. The Kier molecular flexibility index (Phi) is 5.74. The lowest BCUT2D eigenvalue weighted by Gasteiger charge is -2.15. The zero-order chi connectivity index (χ0) is 17.7. The quantitative estimate of drug-likeness (QED) is 0.654. The first-order valence-electron chi connectivity index (χ1n) is 8.05. The molecule has 2 aromatic rings. The fourth-order valence-corrected chi connectivity index (χ4v) is 2.70. The zero-order valence-corrected chi connectivity index (χ0v) is 14.6. The highest BCUT2D eigenvalue weighted by Gasteiger charge is 2.20. The van der Waals surface area contributed by atoms with Gasteiger partial charge in [0.15, 0.2) is 0 Å². The maximum absolute atomic E-state index is 12.3. The van der Waals surface area contributed by atoms with Crippen LogP contribution in [0, 0.1) is 13.8 Å². The highest BCUT2D eigenvalue weighted by atomic mass is 16.5. The second-order valence-corrected chi connectivity index (χ2v) is 5.76. The van der Waals surface area contributed by atoms with Gasteiger partial charge in [0.1, 0.15) is 12.4 Å². The number of amides is 1. The van der Waals surface area contributed by atoms with E-state index in [0.29, 0.717) is 5.56 Å².